The van der Waals surface area contributed by atoms with Gasteiger partial charge in [-0.2, -0.15) is 4.98 Å². The first-order valence-electron chi connectivity index (χ1n) is 6.66. The third kappa shape index (κ3) is 4.82. The van der Waals surface area contributed by atoms with E-state index >= 15 is 0 Å². The Morgan fingerprint density at radius 1 is 1.57 bits per heavy atom. The summed E-state index contributed by atoms with van der Waals surface area (Å²) in [6.07, 6.45) is -1.69. The number of carbonyl (C=O) groups excluding carboxylic acids is 1. The molecule has 1 aliphatic rings. The third-order valence-corrected chi connectivity index (χ3v) is 3.18. The number of ether oxygens (including phenoxy) is 1. The van der Waals surface area contributed by atoms with Gasteiger partial charge in [-0.05, 0) is 12.5 Å². The van der Waals surface area contributed by atoms with Crippen LogP contribution in [0.1, 0.15) is 6.42 Å². The van der Waals surface area contributed by atoms with Crippen LogP contribution in [0, 0.1) is 0 Å². The summed E-state index contributed by atoms with van der Waals surface area (Å²) >= 11 is 0. The number of hydrogen-bond acceptors (Lipinski definition) is 4. The predicted molar refractivity (Wildman–Crippen MR) is 73.8 cm³/mol. The van der Waals surface area contributed by atoms with Crippen LogP contribution in [0.25, 0.3) is 0 Å². The minimum atomic E-state index is -2.35. The molecule has 21 heavy (non-hydrogen) atoms. The van der Waals surface area contributed by atoms with Gasteiger partial charge in [-0.25, -0.2) is 13.6 Å². The zero-order chi connectivity index (χ0) is 15.2. The second kappa shape index (κ2) is 7.16. The second-order valence-electron chi connectivity index (χ2n) is 4.80. The Balaban J connectivity index is 1.79. The molecule has 8 heteroatoms. The minimum Gasteiger partial charge on any atom is -0.481 e. The summed E-state index contributed by atoms with van der Waals surface area (Å²) in [4.78, 5) is 17.5. The monoisotopic (exact) mass is 300 g/mol. The molecule has 2 amide bonds. The van der Waals surface area contributed by atoms with Gasteiger partial charge in [0, 0.05) is 25.2 Å². The first-order valence-corrected chi connectivity index (χ1v) is 6.66. The number of rotatable bonds is 5. The Morgan fingerprint density at radius 3 is 3.10 bits per heavy atom. The van der Waals surface area contributed by atoms with E-state index in [0.717, 1.165) is 0 Å². The number of nitrogens with zero attached hydrogens (tertiary/aromatic N) is 2. The Labute approximate surface area is 121 Å². The van der Waals surface area contributed by atoms with Crippen LogP contribution < -0.4 is 15.4 Å². The van der Waals surface area contributed by atoms with Crippen molar-refractivity contribution in [3.8, 4) is 5.88 Å². The molecule has 6 nitrogen and oxygen atoms in total. The lowest BCUT2D eigenvalue weighted by Crippen LogP contribution is -2.40. The fraction of sp³-hybridized carbons (Fsp3) is 0.538. The number of aromatic nitrogens is 1. The first kappa shape index (κ1) is 15.4. The fourth-order valence-corrected chi connectivity index (χ4v) is 2.25. The highest BCUT2D eigenvalue weighted by atomic mass is 19.3. The highest BCUT2D eigenvalue weighted by molar-refractivity contribution is 5.88. The number of pyridine rings is 1. The zero-order valence-electron chi connectivity index (χ0n) is 11.7. The molecule has 0 spiro atoms. The van der Waals surface area contributed by atoms with E-state index in [1.807, 2.05) is 0 Å². The van der Waals surface area contributed by atoms with E-state index in [4.69, 9.17) is 4.74 Å². The number of nitrogens with one attached hydrogen (secondary N) is 2. The number of anilines is 1. The van der Waals surface area contributed by atoms with Crippen molar-refractivity contribution in [2.75, 3.05) is 32.1 Å². The number of methoxy groups -OCH3 is 1. The molecule has 1 aromatic rings. The van der Waals surface area contributed by atoms with Crippen molar-refractivity contribution in [2.24, 2.45) is 0 Å². The van der Waals surface area contributed by atoms with E-state index in [-0.39, 0.29) is 12.6 Å². The highest BCUT2D eigenvalue weighted by Crippen LogP contribution is 2.13. The van der Waals surface area contributed by atoms with Crippen LogP contribution in [-0.2, 0) is 0 Å². The number of amides is 2. The molecule has 2 rings (SSSR count). The summed E-state index contributed by atoms with van der Waals surface area (Å²) in [5, 5.41) is 5.34. The largest absolute Gasteiger partial charge is 0.481 e. The molecular weight excluding hydrogens is 282 g/mol. The van der Waals surface area contributed by atoms with Gasteiger partial charge in [0.1, 0.15) is 5.82 Å². The summed E-state index contributed by atoms with van der Waals surface area (Å²) in [7, 11) is 1.49. The van der Waals surface area contributed by atoms with Gasteiger partial charge in [0.05, 0.1) is 13.7 Å². The summed E-state index contributed by atoms with van der Waals surface area (Å²) < 4.78 is 29.5. The van der Waals surface area contributed by atoms with Crippen LogP contribution in [0.4, 0.5) is 19.4 Å². The van der Waals surface area contributed by atoms with Crippen molar-refractivity contribution >= 4 is 11.8 Å². The molecule has 116 valence electrons. The Hall–Kier alpha value is -1.96. The van der Waals surface area contributed by atoms with Crippen molar-refractivity contribution in [3.05, 3.63) is 18.2 Å². The maximum atomic E-state index is 12.3. The molecule has 0 aromatic carbocycles. The van der Waals surface area contributed by atoms with E-state index in [1.165, 1.54) is 7.11 Å². The Morgan fingerprint density at radius 2 is 2.38 bits per heavy atom. The molecule has 2 N–H and O–H groups in total. The molecule has 1 fully saturated rings. The van der Waals surface area contributed by atoms with E-state index in [2.05, 4.69) is 15.6 Å². The number of urea groups is 1. The van der Waals surface area contributed by atoms with E-state index in [0.29, 0.717) is 31.2 Å². The molecule has 0 aliphatic carbocycles. The highest BCUT2D eigenvalue weighted by Gasteiger charge is 2.25. The number of alkyl halides is 2. The lowest BCUT2D eigenvalue weighted by atomic mass is 10.3. The average Bonchev–Trinajstić information content (AvgIpc) is 2.85. The maximum absolute atomic E-state index is 12.3. The normalized spacial score (nSPS) is 18.8. The van der Waals surface area contributed by atoms with Gasteiger partial charge in [-0.1, -0.05) is 6.07 Å². The second-order valence-corrected chi connectivity index (χ2v) is 4.80. The Kier molecular flexibility index (Phi) is 5.26. The summed E-state index contributed by atoms with van der Waals surface area (Å²) in [5.41, 5.74) is 0. The standard InChI is InChI=1S/C13H18F2N4O2/c1-21-12-4-2-3-11(17-12)18-13(20)16-9-5-6-19(7-9)8-10(14)15/h2-4,9-10H,5-8H2,1H3,(H2,16,17,18,20). The average molecular weight is 300 g/mol. The van der Waals surface area contributed by atoms with Crippen LogP contribution in [0.2, 0.25) is 0 Å². The topological polar surface area (TPSA) is 66.5 Å². The SMILES string of the molecule is COc1cccc(NC(=O)NC2CCN(CC(F)F)C2)n1. The van der Waals surface area contributed by atoms with Crippen molar-refractivity contribution in [1.29, 1.82) is 0 Å². The summed E-state index contributed by atoms with van der Waals surface area (Å²) in [6, 6.07) is 4.48. The number of halogens is 2. The van der Waals surface area contributed by atoms with Crippen LogP contribution in [0.5, 0.6) is 5.88 Å². The van der Waals surface area contributed by atoms with Gasteiger partial charge in [0.15, 0.2) is 0 Å². The lowest BCUT2D eigenvalue weighted by Gasteiger charge is -2.16. The van der Waals surface area contributed by atoms with E-state index in [9.17, 15) is 13.6 Å². The first-order chi connectivity index (χ1) is 10.1. The smallest absolute Gasteiger partial charge is 0.320 e. The number of hydrogen-bond donors (Lipinski definition) is 2. The Bertz CT molecular complexity index is 487. The maximum Gasteiger partial charge on any atom is 0.320 e. The predicted octanol–water partition coefficient (Wildman–Crippen LogP) is 1.55. The van der Waals surface area contributed by atoms with Gasteiger partial charge in [-0.15, -0.1) is 0 Å². The van der Waals surface area contributed by atoms with E-state index in [1.54, 1.807) is 23.1 Å². The van der Waals surface area contributed by atoms with Crippen molar-refractivity contribution in [2.45, 2.75) is 18.9 Å². The van der Waals surface area contributed by atoms with Crippen LogP contribution in [-0.4, -0.2) is 55.1 Å². The van der Waals surface area contributed by atoms with Crippen molar-refractivity contribution in [1.82, 2.24) is 15.2 Å². The van der Waals surface area contributed by atoms with Crippen LogP contribution >= 0.6 is 0 Å². The zero-order valence-corrected chi connectivity index (χ0v) is 11.7. The van der Waals surface area contributed by atoms with Crippen LogP contribution in [0.15, 0.2) is 18.2 Å². The third-order valence-electron chi connectivity index (χ3n) is 3.18. The van der Waals surface area contributed by atoms with Gasteiger partial charge in [0.25, 0.3) is 6.43 Å². The van der Waals surface area contributed by atoms with Gasteiger partial charge >= 0.3 is 6.03 Å². The van der Waals surface area contributed by atoms with Crippen molar-refractivity contribution < 1.29 is 18.3 Å². The molecule has 1 aromatic heterocycles. The van der Waals surface area contributed by atoms with E-state index < -0.39 is 12.5 Å². The molecule has 1 aliphatic heterocycles. The molecule has 2 heterocycles. The molecule has 0 saturated carbocycles. The molecule has 1 atom stereocenters. The quantitative estimate of drug-likeness (QED) is 0.866. The van der Waals surface area contributed by atoms with Crippen LogP contribution in [0.3, 0.4) is 0 Å². The molecule has 0 radical (unpaired) electrons. The molecular formula is C13H18F2N4O2. The molecule has 1 unspecified atom stereocenters. The van der Waals surface area contributed by atoms with Gasteiger partial charge in [0.2, 0.25) is 5.88 Å². The lowest BCUT2D eigenvalue weighted by molar-refractivity contribution is 0.0988. The summed E-state index contributed by atoms with van der Waals surface area (Å²) in [5.74, 6) is 0.769. The molecule has 1 saturated heterocycles. The van der Waals surface area contributed by atoms with Gasteiger partial charge in [-0.3, -0.25) is 10.2 Å². The molecule has 0 bridgehead atoms. The number of likely N-dealkylation sites (tertiary alicyclic amines) is 1. The fourth-order valence-electron chi connectivity index (χ4n) is 2.25. The van der Waals surface area contributed by atoms with Gasteiger partial charge < -0.3 is 10.1 Å². The summed E-state index contributed by atoms with van der Waals surface area (Å²) in [6.45, 7) is 0.743. The minimum absolute atomic E-state index is 0.130. The number of carbonyl (C=O) groups is 1. The van der Waals surface area contributed by atoms with Crippen molar-refractivity contribution in [3.63, 3.8) is 0 Å².